The fourth-order valence-electron chi connectivity index (χ4n) is 3.01. The van der Waals surface area contributed by atoms with Crippen molar-refractivity contribution in [3.63, 3.8) is 0 Å². The Morgan fingerprint density at radius 2 is 2.00 bits per heavy atom. The highest BCUT2D eigenvalue weighted by atomic mass is 32.2. The lowest BCUT2D eigenvalue weighted by Gasteiger charge is -2.28. The van der Waals surface area contributed by atoms with Crippen molar-refractivity contribution in [1.29, 1.82) is 0 Å². The van der Waals surface area contributed by atoms with Crippen LogP contribution in [-0.2, 0) is 17.1 Å². The predicted molar refractivity (Wildman–Crippen MR) is 96.6 cm³/mol. The number of nitrogens with zero attached hydrogens (tertiary/aromatic N) is 2. The fraction of sp³-hybridized carbons (Fsp3) is 0.471. The zero-order chi connectivity index (χ0) is 18.0. The Labute approximate surface area is 152 Å². The molecule has 0 unspecified atom stereocenters. The third-order valence-electron chi connectivity index (χ3n) is 4.42. The number of benzene rings is 1. The average Bonchev–Trinajstić information content (AvgIpc) is 2.96. The number of aromatic nitrogens is 2. The van der Waals surface area contributed by atoms with E-state index in [1.54, 1.807) is 30.9 Å². The molecule has 0 atom stereocenters. The minimum Gasteiger partial charge on any atom is -0.329 e. The molecule has 8 heteroatoms. The molecule has 1 fully saturated rings. The second-order valence-electron chi connectivity index (χ2n) is 6.47. The van der Waals surface area contributed by atoms with Gasteiger partial charge in [-0.2, -0.15) is 0 Å². The van der Waals surface area contributed by atoms with Crippen LogP contribution in [0.25, 0.3) is 0 Å². The lowest BCUT2D eigenvalue weighted by molar-refractivity contribution is 0.418. The average molecular weight is 384 g/mol. The molecule has 0 amide bonds. The van der Waals surface area contributed by atoms with Gasteiger partial charge in [0.15, 0.2) is 5.16 Å². The van der Waals surface area contributed by atoms with Gasteiger partial charge in [0.25, 0.3) is 0 Å². The maximum Gasteiger partial charge on any atom is 0.243 e. The van der Waals surface area contributed by atoms with Gasteiger partial charge in [-0.1, -0.05) is 17.8 Å². The fourth-order valence-corrected chi connectivity index (χ4v) is 5.63. The predicted octanol–water partition coefficient (Wildman–Crippen LogP) is 3.25. The van der Waals surface area contributed by atoms with Crippen LogP contribution in [0.1, 0.15) is 31.2 Å². The highest BCUT2D eigenvalue weighted by Crippen LogP contribution is 2.33. The van der Waals surface area contributed by atoms with Crippen LogP contribution in [0, 0.1) is 12.7 Å². The van der Waals surface area contributed by atoms with Crippen LogP contribution in [0.5, 0.6) is 0 Å². The molecule has 0 aliphatic heterocycles. The Morgan fingerprint density at radius 1 is 1.28 bits per heavy atom. The van der Waals surface area contributed by atoms with Crippen molar-refractivity contribution in [3.8, 4) is 0 Å². The first-order valence-corrected chi connectivity index (χ1v) is 10.6. The molecular formula is C17H22FN3O2S2. The van der Waals surface area contributed by atoms with Crippen LogP contribution in [-0.4, -0.2) is 29.3 Å². The van der Waals surface area contributed by atoms with E-state index in [0.717, 1.165) is 36.4 Å². The quantitative estimate of drug-likeness (QED) is 0.861. The van der Waals surface area contributed by atoms with Crippen LogP contribution >= 0.6 is 11.8 Å². The van der Waals surface area contributed by atoms with Crippen molar-refractivity contribution in [1.82, 2.24) is 14.3 Å². The first kappa shape index (κ1) is 18.4. The number of sulfonamides is 1. The molecule has 1 aliphatic carbocycles. The largest absolute Gasteiger partial charge is 0.329 e. The SMILES string of the molecule is Cc1ccc(F)c(S(=O)(=O)NC2CCC(Sc3nccn3C)CC2)c1. The Hall–Kier alpha value is -1.38. The van der Waals surface area contributed by atoms with Crippen molar-refractivity contribution < 1.29 is 12.8 Å². The van der Waals surface area contributed by atoms with Gasteiger partial charge < -0.3 is 4.57 Å². The van der Waals surface area contributed by atoms with Crippen LogP contribution in [0.2, 0.25) is 0 Å². The molecule has 1 aromatic heterocycles. The lowest BCUT2D eigenvalue weighted by Crippen LogP contribution is -2.38. The normalized spacial score (nSPS) is 21.4. The minimum absolute atomic E-state index is 0.150. The van der Waals surface area contributed by atoms with Gasteiger partial charge in [-0.3, -0.25) is 0 Å². The molecule has 1 heterocycles. The van der Waals surface area contributed by atoms with Crippen molar-refractivity contribution in [2.24, 2.45) is 7.05 Å². The molecule has 1 aromatic carbocycles. The Morgan fingerprint density at radius 3 is 2.64 bits per heavy atom. The van der Waals surface area contributed by atoms with Crippen molar-refractivity contribution in [2.75, 3.05) is 0 Å². The number of nitrogens with one attached hydrogen (secondary N) is 1. The van der Waals surface area contributed by atoms with E-state index >= 15 is 0 Å². The maximum atomic E-state index is 13.9. The zero-order valence-corrected chi connectivity index (χ0v) is 15.9. The molecule has 0 saturated heterocycles. The van der Waals surface area contributed by atoms with E-state index in [2.05, 4.69) is 9.71 Å². The van der Waals surface area contributed by atoms with Gasteiger partial charge in [-0.25, -0.2) is 22.5 Å². The molecule has 3 rings (SSSR count). The topological polar surface area (TPSA) is 64.0 Å². The van der Waals surface area contributed by atoms with Gasteiger partial charge in [-0.05, 0) is 50.3 Å². The number of hydrogen-bond acceptors (Lipinski definition) is 4. The number of aryl methyl sites for hydroxylation is 2. The Bertz CT molecular complexity index is 843. The van der Waals surface area contributed by atoms with Gasteiger partial charge in [0.1, 0.15) is 10.7 Å². The minimum atomic E-state index is -3.84. The molecular weight excluding hydrogens is 361 g/mol. The number of halogens is 1. The van der Waals surface area contributed by atoms with Crippen molar-refractivity contribution in [3.05, 3.63) is 42.0 Å². The third-order valence-corrected chi connectivity index (χ3v) is 7.37. The summed E-state index contributed by atoms with van der Waals surface area (Å²) in [5.74, 6) is -0.711. The standard InChI is InChI=1S/C17H22FN3O2S2/c1-12-3-8-15(18)16(11-12)25(22,23)20-13-4-6-14(7-5-13)24-17-19-9-10-21(17)2/h3,8-11,13-14,20H,4-7H2,1-2H3. The summed E-state index contributed by atoms with van der Waals surface area (Å²) in [5.41, 5.74) is 0.719. The molecule has 5 nitrogen and oxygen atoms in total. The van der Waals surface area contributed by atoms with Gasteiger partial charge in [0, 0.05) is 30.7 Å². The molecule has 0 bridgehead atoms. The van der Waals surface area contributed by atoms with E-state index < -0.39 is 15.8 Å². The van der Waals surface area contributed by atoms with E-state index in [1.165, 1.54) is 12.1 Å². The lowest BCUT2D eigenvalue weighted by atomic mass is 9.96. The number of rotatable bonds is 5. The van der Waals surface area contributed by atoms with E-state index in [9.17, 15) is 12.8 Å². The van der Waals surface area contributed by atoms with E-state index in [-0.39, 0.29) is 10.9 Å². The Balaban J connectivity index is 1.60. The van der Waals surface area contributed by atoms with Crippen LogP contribution < -0.4 is 4.72 Å². The highest BCUT2D eigenvalue weighted by Gasteiger charge is 2.28. The molecule has 2 aromatic rings. The highest BCUT2D eigenvalue weighted by molar-refractivity contribution is 7.99. The molecule has 136 valence electrons. The van der Waals surface area contributed by atoms with Gasteiger partial charge >= 0.3 is 0 Å². The van der Waals surface area contributed by atoms with E-state index in [1.807, 2.05) is 17.8 Å². The summed E-state index contributed by atoms with van der Waals surface area (Å²) in [4.78, 5) is 4.05. The molecule has 25 heavy (non-hydrogen) atoms. The smallest absolute Gasteiger partial charge is 0.243 e. The maximum absolute atomic E-state index is 13.9. The third kappa shape index (κ3) is 4.43. The van der Waals surface area contributed by atoms with Crippen molar-refractivity contribution in [2.45, 2.75) is 54.0 Å². The molecule has 0 spiro atoms. The second-order valence-corrected chi connectivity index (χ2v) is 9.42. The molecule has 1 N–H and O–H groups in total. The van der Waals surface area contributed by atoms with Gasteiger partial charge in [0.05, 0.1) is 0 Å². The summed E-state index contributed by atoms with van der Waals surface area (Å²) in [6.07, 6.45) is 6.99. The number of thioether (sulfide) groups is 1. The molecule has 1 aliphatic rings. The van der Waals surface area contributed by atoms with Crippen LogP contribution in [0.15, 0.2) is 40.6 Å². The van der Waals surface area contributed by atoms with E-state index in [0.29, 0.717) is 5.25 Å². The second kappa shape index (κ2) is 7.47. The number of hydrogen-bond donors (Lipinski definition) is 1. The van der Waals surface area contributed by atoms with Crippen LogP contribution in [0.3, 0.4) is 0 Å². The monoisotopic (exact) mass is 383 g/mol. The molecule has 0 radical (unpaired) electrons. The van der Waals surface area contributed by atoms with E-state index in [4.69, 9.17) is 0 Å². The van der Waals surface area contributed by atoms with Gasteiger partial charge in [0.2, 0.25) is 10.0 Å². The molecule has 1 saturated carbocycles. The first-order chi connectivity index (χ1) is 11.8. The summed E-state index contributed by atoms with van der Waals surface area (Å²) < 4.78 is 43.5. The summed E-state index contributed by atoms with van der Waals surface area (Å²) in [6, 6.07) is 3.99. The Kier molecular flexibility index (Phi) is 5.50. The van der Waals surface area contributed by atoms with Crippen LogP contribution in [0.4, 0.5) is 4.39 Å². The zero-order valence-electron chi connectivity index (χ0n) is 14.3. The van der Waals surface area contributed by atoms with Crippen molar-refractivity contribution >= 4 is 21.8 Å². The summed E-state index contributed by atoms with van der Waals surface area (Å²) in [6.45, 7) is 1.75. The summed E-state index contributed by atoms with van der Waals surface area (Å²) in [7, 11) is -1.87. The first-order valence-electron chi connectivity index (χ1n) is 8.27. The summed E-state index contributed by atoms with van der Waals surface area (Å²) in [5, 5.41) is 1.41. The summed E-state index contributed by atoms with van der Waals surface area (Å²) >= 11 is 1.73. The number of imidazole rings is 1. The van der Waals surface area contributed by atoms with Gasteiger partial charge in [-0.15, -0.1) is 0 Å².